The molecular formula is C21H27N3O4. The van der Waals surface area contributed by atoms with E-state index in [4.69, 9.17) is 9.15 Å². The Bertz CT molecular complexity index is 792. The molecule has 3 rings (SSSR count). The van der Waals surface area contributed by atoms with Crippen molar-refractivity contribution in [2.75, 3.05) is 20.2 Å². The average molecular weight is 385 g/mol. The third kappa shape index (κ3) is 5.28. The van der Waals surface area contributed by atoms with Crippen LogP contribution in [-0.4, -0.2) is 37.0 Å². The van der Waals surface area contributed by atoms with E-state index in [1.54, 1.807) is 18.3 Å². The number of urea groups is 1. The lowest BCUT2D eigenvalue weighted by Gasteiger charge is -2.31. The number of nitrogens with one attached hydrogen (secondary N) is 2. The highest BCUT2D eigenvalue weighted by molar-refractivity contribution is 5.79. The average Bonchev–Trinajstić information content (AvgIpc) is 3.16. The molecule has 7 heteroatoms. The first-order valence-electron chi connectivity index (χ1n) is 9.52. The Labute approximate surface area is 165 Å². The van der Waals surface area contributed by atoms with Gasteiger partial charge in [0.2, 0.25) is 5.91 Å². The molecule has 2 heterocycles. The van der Waals surface area contributed by atoms with Crippen LogP contribution in [0.15, 0.2) is 41.0 Å². The van der Waals surface area contributed by atoms with Crippen LogP contribution in [0.1, 0.15) is 29.7 Å². The van der Waals surface area contributed by atoms with Gasteiger partial charge in [-0.1, -0.05) is 12.1 Å². The molecule has 0 aliphatic carbocycles. The number of likely N-dealkylation sites (tertiary alicyclic amines) is 1. The van der Waals surface area contributed by atoms with E-state index in [2.05, 4.69) is 10.6 Å². The van der Waals surface area contributed by atoms with Crippen LogP contribution >= 0.6 is 0 Å². The van der Waals surface area contributed by atoms with E-state index in [0.29, 0.717) is 39.0 Å². The van der Waals surface area contributed by atoms with Gasteiger partial charge < -0.3 is 24.7 Å². The zero-order chi connectivity index (χ0) is 19.9. The standard InChI is InChI=1S/C21H27N3O4/c1-15-11-17(14-28-15)13-23-21(26)24-9-7-18(8-10-24)20(25)22-12-16-3-5-19(27-2)6-4-16/h3-6,11,14,18H,7-10,12-13H2,1-2H3,(H,22,25)(H,23,26). The molecule has 1 aromatic carbocycles. The number of furan rings is 1. The Kier molecular flexibility index (Phi) is 6.57. The van der Waals surface area contributed by atoms with Crippen LogP contribution < -0.4 is 15.4 Å². The number of hydrogen-bond donors (Lipinski definition) is 2. The topological polar surface area (TPSA) is 83.8 Å². The number of aryl methyl sites for hydroxylation is 1. The first kappa shape index (κ1) is 19.8. The zero-order valence-electron chi connectivity index (χ0n) is 16.4. The molecule has 2 N–H and O–H groups in total. The summed E-state index contributed by atoms with van der Waals surface area (Å²) in [7, 11) is 1.63. The molecule has 0 bridgehead atoms. The fraction of sp³-hybridized carbons (Fsp3) is 0.429. The van der Waals surface area contributed by atoms with Gasteiger partial charge in [-0.2, -0.15) is 0 Å². The van der Waals surface area contributed by atoms with Crippen LogP contribution in [0.25, 0.3) is 0 Å². The lowest BCUT2D eigenvalue weighted by molar-refractivity contribution is -0.126. The highest BCUT2D eigenvalue weighted by atomic mass is 16.5. The van der Waals surface area contributed by atoms with E-state index >= 15 is 0 Å². The van der Waals surface area contributed by atoms with Gasteiger partial charge in [0.15, 0.2) is 0 Å². The van der Waals surface area contributed by atoms with E-state index in [0.717, 1.165) is 22.6 Å². The quantitative estimate of drug-likeness (QED) is 0.801. The predicted molar refractivity (Wildman–Crippen MR) is 105 cm³/mol. The number of methoxy groups -OCH3 is 1. The summed E-state index contributed by atoms with van der Waals surface area (Å²) in [5, 5.41) is 5.89. The summed E-state index contributed by atoms with van der Waals surface area (Å²) in [4.78, 5) is 26.5. The molecule has 0 saturated carbocycles. The lowest BCUT2D eigenvalue weighted by Crippen LogP contribution is -2.46. The first-order valence-corrected chi connectivity index (χ1v) is 9.52. The van der Waals surface area contributed by atoms with E-state index < -0.39 is 0 Å². The summed E-state index contributed by atoms with van der Waals surface area (Å²) in [6.45, 7) is 3.97. The van der Waals surface area contributed by atoms with Gasteiger partial charge >= 0.3 is 6.03 Å². The second-order valence-electron chi connectivity index (χ2n) is 7.05. The minimum absolute atomic E-state index is 0.0461. The fourth-order valence-corrected chi connectivity index (χ4v) is 3.30. The largest absolute Gasteiger partial charge is 0.497 e. The number of carbonyl (C=O) groups excluding carboxylic acids is 2. The van der Waals surface area contributed by atoms with Crippen LogP contribution in [0.5, 0.6) is 5.75 Å². The van der Waals surface area contributed by atoms with Crippen LogP contribution in [0.3, 0.4) is 0 Å². The van der Waals surface area contributed by atoms with Gasteiger partial charge in [0.25, 0.3) is 0 Å². The van der Waals surface area contributed by atoms with E-state index in [1.165, 1.54) is 0 Å². The maximum absolute atomic E-state index is 12.4. The number of benzene rings is 1. The Morgan fingerprint density at radius 2 is 1.79 bits per heavy atom. The van der Waals surface area contributed by atoms with E-state index in [9.17, 15) is 9.59 Å². The maximum Gasteiger partial charge on any atom is 0.317 e. The molecule has 0 unspecified atom stereocenters. The number of rotatable bonds is 6. The Hall–Kier alpha value is -2.96. The molecule has 28 heavy (non-hydrogen) atoms. The third-order valence-corrected chi connectivity index (χ3v) is 5.01. The van der Waals surface area contributed by atoms with Crippen molar-refractivity contribution in [3.05, 3.63) is 53.5 Å². The Balaban J connectivity index is 1.38. The van der Waals surface area contributed by atoms with Crippen LogP contribution in [-0.2, 0) is 17.9 Å². The predicted octanol–water partition coefficient (Wildman–Crippen LogP) is 2.83. The number of piperidine rings is 1. The summed E-state index contributed by atoms with van der Waals surface area (Å²) >= 11 is 0. The van der Waals surface area contributed by atoms with Crippen molar-refractivity contribution in [1.29, 1.82) is 0 Å². The van der Waals surface area contributed by atoms with Gasteiger partial charge in [-0.15, -0.1) is 0 Å². The van der Waals surface area contributed by atoms with Crippen molar-refractivity contribution >= 4 is 11.9 Å². The number of carbonyl (C=O) groups is 2. The maximum atomic E-state index is 12.4. The SMILES string of the molecule is COc1ccc(CNC(=O)C2CCN(C(=O)NCc3coc(C)c3)CC2)cc1. The minimum Gasteiger partial charge on any atom is -0.497 e. The minimum atomic E-state index is -0.101. The fourth-order valence-electron chi connectivity index (χ4n) is 3.30. The first-order chi connectivity index (χ1) is 13.5. The summed E-state index contributed by atoms with van der Waals surface area (Å²) < 4.78 is 10.4. The van der Waals surface area contributed by atoms with Crippen LogP contribution in [0.2, 0.25) is 0 Å². The van der Waals surface area contributed by atoms with Crippen molar-refractivity contribution in [3.63, 3.8) is 0 Å². The zero-order valence-corrected chi connectivity index (χ0v) is 16.4. The summed E-state index contributed by atoms with van der Waals surface area (Å²) in [6.07, 6.45) is 2.99. The second kappa shape index (κ2) is 9.30. The third-order valence-electron chi connectivity index (χ3n) is 5.01. The van der Waals surface area contributed by atoms with Crippen molar-refractivity contribution in [3.8, 4) is 5.75 Å². The monoisotopic (exact) mass is 385 g/mol. The summed E-state index contributed by atoms with van der Waals surface area (Å²) in [5.74, 6) is 1.61. The van der Waals surface area contributed by atoms with Gasteiger partial charge in [0.1, 0.15) is 11.5 Å². The highest BCUT2D eigenvalue weighted by Gasteiger charge is 2.27. The van der Waals surface area contributed by atoms with Gasteiger partial charge in [-0.05, 0) is 43.5 Å². The van der Waals surface area contributed by atoms with Crippen molar-refractivity contribution < 1.29 is 18.7 Å². The lowest BCUT2D eigenvalue weighted by atomic mass is 9.96. The number of nitrogens with zero attached hydrogens (tertiary/aromatic N) is 1. The molecule has 0 spiro atoms. The molecule has 1 aliphatic heterocycles. The van der Waals surface area contributed by atoms with Crippen LogP contribution in [0.4, 0.5) is 4.79 Å². The van der Waals surface area contributed by atoms with Gasteiger partial charge in [0.05, 0.1) is 13.4 Å². The molecule has 1 saturated heterocycles. The number of hydrogen-bond acceptors (Lipinski definition) is 4. The highest BCUT2D eigenvalue weighted by Crippen LogP contribution is 2.18. The number of amides is 3. The second-order valence-corrected chi connectivity index (χ2v) is 7.05. The molecule has 0 radical (unpaired) electrons. The van der Waals surface area contributed by atoms with E-state index in [1.807, 2.05) is 37.3 Å². The van der Waals surface area contributed by atoms with E-state index in [-0.39, 0.29) is 17.9 Å². The summed E-state index contributed by atoms with van der Waals surface area (Å²) in [5.41, 5.74) is 1.97. The Morgan fingerprint density at radius 1 is 1.11 bits per heavy atom. The van der Waals surface area contributed by atoms with Crippen LogP contribution in [0, 0.1) is 12.8 Å². The Morgan fingerprint density at radius 3 is 2.39 bits per heavy atom. The molecular weight excluding hydrogens is 358 g/mol. The summed E-state index contributed by atoms with van der Waals surface area (Å²) in [6, 6.07) is 9.43. The molecule has 3 amide bonds. The van der Waals surface area contributed by atoms with Crippen molar-refractivity contribution in [2.24, 2.45) is 5.92 Å². The smallest absolute Gasteiger partial charge is 0.317 e. The molecule has 7 nitrogen and oxygen atoms in total. The molecule has 150 valence electrons. The van der Waals surface area contributed by atoms with Crippen molar-refractivity contribution in [1.82, 2.24) is 15.5 Å². The normalized spacial score (nSPS) is 14.6. The molecule has 1 aromatic heterocycles. The molecule has 1 fully saturated rings. The van der Waals surface area contributed by atoms with Gasteiger partial charge in [0, 0.05) is 37.7 Å². The molecule has 0 atom stereocenters. The van der Waals surface area contributed by atoms with Gasteiger partial charge in [-0.3, -0.25) is 4.79 Å². The number of ether oxygens (including phenoxy) is 1. The molecule has 2 aromatic rings. The van der Waals surface area contributed by atoms with Gasteiger partial charge in [-0.25, -0.2) is 4.79 Å². The van der Waals surface area contributed by atoms with Crippen molar-refractivity contribution in [2.45, 2.75) is 32.9 Å². The molecule has 1 aliphatic rings.